The molecule has 6 heteroatoms. The Bertz CT molecular complexity index is 480. The number of esters is 1. The molecule has 17 heavy (non-hydrogen) atoms. The number of ether oxygens (including phenoxy) is 1. The van der Waals surface area contributed by atoms with Gasteiger partial charge in [-0.25, -0.2) is 13.6 Å². The number of nitriles is 1. The normalized spacial score (nSPS) is 10.1. The Morgan fingerprint density at radius 2 is 2.24 bits per heavy atom. The first-order chi connectivity index (χ1) is 8.06. The zero-order valence-electron chi connectivity index (χ0n) is 8.91. The molecular weight excluding hydrogens is 232 g/mol. The smallest absolute Gasteiger partial charge is 0.338 e. The number of methoxy groups -OCH3 is 1. The molecule has 0 atom stereocenters. The van der Waals surface area contributed by atoms with E-state index in [1.807, 2.05) is 0 Å². The minimum atomic E-state index is -3.00. The number of aliphatic hydroxyl groups is 1. The van der Waals surface area contributed by atoms with Crippen LogP contribution in [0, 0.1) is 11.3 Å². The van der Waals surface area contributed by atoms with Gasteiger partial charge in [-0.1, -0.05) is 6.07 Å². The van der Waals surface area contributed by atoms with Crippen molar-refractivity contribution < 1.29 is 23.4 Å². The summed E-state index contributed by atoms with van der Waals surface area (Å²) in [5.41, 5.74) is -1.40. The van der Waals surface area contributed by atoms with Crippen molar-refractivity contribution in [1.82, 2.24) is 0 Å². The number of halogens is 2. The summed E-state index contributed by atoms with van der Waals surface area (Å²) < 4.78 is 30.1. The number of nitrogens with zero attached hydrogens (tertiary/aromatic N) is 1. The van der Waals surface area contributed by atoms with Crippen LogP contribution >= 0.6 is 0 Å². The Hall–Kier alpha value is -2.00. The minimum Gasteiger partial charge on any atom is -0.465 e. The van der Waals surface area contributed by atoms with E-state index in [2.05, 4.69) is 4.74 Å². The molecule has 90 valence electrons. The molecule has 0 radical (unpaired) electrons. The van der Waals surface area contributed by atoms with E-state index in [0.717, 1.165) is 13.2 Å². The van der Waals surface area contributed by atoms with E-state index in [9.17, 15) is 13.6 Å². The lowest BCUT2D eigenvalue weighted by atomic mass is 9.97. The summed E-state index contributed by atoms with van der Waals surface area (Å²) in [6.45, 7) is -0.552. The third-order valence-corrected chi connectivity index (χ3v) is 2.24. The van der Waals surface area contributed by atoms with Crippen LogP contribution < -0.4 is 0 Å². The third-order valence-electron chi connectivity index (χ3n) is 2.24. The fourth-order valence-corrected chi connectivity index (χ4v) is 1.44. The number of benzene rings is 1. The predicted octanol–water partition coefficient (Wildman–Crippen LogP) is 1.77. The van der Waals surface area contributed by atoms with Crippen molar-refractivity contribution in [2.45, 2.75) is 13.0 Å². The van der Waals surface area contributed by atoms with E-state index in [-0.39, 0.29) is 16.7 Å². The topological polar surface area (TPSA) is 70.3 Å². The van der Waals surface area contributed by atoms with Crippen molar-refractivity contribution in [2.75, 3.05) is 7.11 Å². The van der Waals surface area contributed by atoms with Crippen molar-refractivity contribution in [3.8, 4) is 6.07 Å². The summed E-state index contributed by atoms with van der Waals surface area (Å²) in [6.07, 6.45) is -3.00. The molecule has 0 unspecified atom stereocenters. The quantitative estimate of drug-likeness (QED) is 0.819. The highest BCUT2D eigenvalue weighted by atomic mass is 19.3. The fraction of sp³-hybridized carbons (Fsp3) is 0.273. The van der Waals surface area contributed by atoms with Crippen LogP contribution in [0.4, 0.5) is 8.78 Å². The number of carbonyl (C=O) groups is 1. The Morgan fingerprint density at radius 1 is 1.59 bits per heavy atom. The molecule has 0 saturated carbocycles. The highest BCUT2D eigenvalue weighted by Crippen LogP contribution is 2.29. The molecule has 0 aromatic heterocycles. The third kappa shape index (κ3) is 2.40. The highest BCUT2D eigenvalue weighted by Gasteiger charge is 2.24. The van der Waals surface area contributed by atoms with Crippen molar-refractivity contribution in [1.29, 1.82) is 5.26 Å². The molecule has 4 nitrogen and oxygen atoms in total. The highest BCUT2D eigenvalue weighted by molar-refractivity contribution is 5.92. The Kier molecular flexibility index (Phi) is 4.12. The molecule has 0 heterocycles. The van der Waals surface area contributed by atoms with Gasteiger partial charge in [0.05, 0.1) is 30.4 Å². The average molecular weight is 241 g/mol. The van der Waals surface area contributed by atoms with E-state index in [0.29, 0.717) is 0 Å². The van der Waals surface area contributed by atoms with E-state index in [1.165, 1.54) is 6.07 Å². The lowest BCUT2D eigenvalue weighted by Crippen LogP contribution is -2.10. The van der Waals surface area contributed by atoms with Gasteiger partial charge in [-0.15, -0.1) is 0 Å². The summed E-state index contributed by atoms with van der Waals surface area (Å²) in [7, 11) is 1.06. The second-order valence-corrected chi connectivity index (χ2v) is 3.12. The molecule has 1 aromatic carbocycles. The van der Waals surface area contributed by atoms with Crippen LogP contribution in [0.1, 0.15) is 33.5 Å². The fourth-order valence-electron chi connectivity index (χ4n) is 1.44. The van der Waals surface area contributed by atoms with Gasteiger partial charge in [0.1, 0.15) is 6.07 Å². The van der Waals surface area contributed by atoms with Gasteiger partial charge < -0.3 is 9.84 Å². The maximum absolute atomic E-state index is 12.8. The number of alkyl halides is 2. The summed E-state index contributed by atoms with van der Waals surface area (Å²) in [5.74, 6) is -0.943. The van der Waals surface area contributed by atoms with Gasteiger partial charge in [0, 0.05) is 0 Å². The second kappa shape index (κ2) is 5.37. The van der Waals surface area contributed by atoms with E-state index in [1.54, 1.807) is 6.07 Å². The number of hydrogen-bond donors (Lipinski definition) is 1. The van der Waals surface area contributed by atoms with Gasteiger partial charge in [-0.3, -0.25) is 0 Å². The zero-order valence-corrected chi connectivity index (χ0v) is 8.91. The summed E-state index contributed by atoms with van der Waals surface area (Å²) in [6, 6.07) is 3.93. The number of rotatable bonds is 3. The predicted molar refractivity (Wildman–Crippen MR) is 53.4 cm³/mol. The minimum absolute atomic E-state index is 0.0513. The molecule has 0 amide bonds. The van der Waals surface area contributed by atoms with Crippen LogP contribution in [0.2, 0.25) is 0 Å². The Morgan fingerprint density at radius 3 is 2.65 bits per heavy atom. The van der Waals surface area contributed by atoms with E-state index in [4.69, 9.17) is 10.4 Å². The Labute approximate surface area is 96.0 Å². The number of carbonyl (C=O) groups excluding carboxylic acids is 1. The van der Waals surface area contributed by atoms with Crippen LogP contribution in [0.3, 0.4) is 0 Å². The van der Waals surface area contributed by atoms with Gasteiger partial charge in [0.15, 0.2) is 0 Å². The maximum Gasteiger partial charge on any atom is 0.338 e. The first-order valence-electron chi connectivity index (χ1n) is 4.60. The van der Waals surface area contributed by atoms with Gasteiger partial charge in [-0.05, 0) is 11.6 Å². The molecule has 0 spiro atoms. The van der Waals surface area contributed by atoms with Crippen LogP contribution in [-0.4, -0.2) is 18.2 Å². The van der Waals surface area contributed by atoms with Crippen molar-refractivity contribution >= 4 is 5.97 Å². The molecule has 0 saturated heterocycles. The van der Waals surface area contributed by atoms with Gasteiger partial charge in [0.2, 0.25) is 0 Å². The van der Waals surface area contributed by atoms with Crippen molar-refractivity contribution in [3.05, 3.63) is 34.4 Å². The van der Waals surface area contributed by atoms with Crippen molar-refractivity contribution in [3.63, 3.8) is 0 Å². The van der Waals surface area contributed by atoms with Crippen LogP contribution in [0.25, 0.3) is 0 Å². The monoisotopic (exact) mass is 241 g/mol. The molecule has 0 fully saturated rings. The lowest BCUT2D eigenvalue weighted by Gasteiger charge is -2.11. The van der Waals surface area contributed by atoms with Crippen LogP contribution in [0.5, 0.6) is 0 Å². The summed E-state index contributed by atoms with van der Waals surface area (Å²) in [4.78, 5) is 11.3. The lowest BCUT2D eigenvalue weighted by molar-refractivity contribution is 0.0589. The average Bonchev–Trinajstić information content (AvgIpc) is 2.35. The Balaban J connectivity index is 3.55. The van der Waals surface area contributed by atoms with Gasteiger partial charge in [0.25, 0.3) is 6.43 Å². The molecule has 1 N–H and O–H groups in total. The molecule has 0 aliphatic heterocycles. The van der Waals surface area contributed by atoms with E-state index >= 15 is 0 Å². The van der Waals surface area contributed by atoms with Gasteiger partial charge >= 0.3 is 5.97 Å². The van der Waals surface area contributed by atoms with Crippen LogP contribution in [0.15, 0.2) is 12.1 Å². The number of aliphatic hydroxyl groups excluding tert-OH is 1. The molecule has 1 rings (SSSR count). The molecule has 0 bridgehead atoms. The second-order valence-electron chi connectivity index (χ2n) is 3.12. The molecular formula is C11H9F2NO3. The zero-order chi connectivity index (χ0) is 13.0. The molecule has 1 aromatic rings. The standard InChI is InChI=1S/C11H9F2NO3/c1-17-11(16)7-3-2-6(5-15)8(4-14)9(7)10(12)13/h2-3,10,15H,5H2,1H3. The SMILES string of the molecule is COC(=O)c1ccc(CO)c(C#N)c1C(F)F. The summed E-state index contributed by atoms with van der Waals surface area (Å²) in [5, 5.41) is 17.7. The summed E-state index contributed by atoms with van der Waals surface area (Å²) >= 11 is 0. The van der Waals surface area contributed by atoms with Crippen molar-refractivity contribution in [2.24, 2.45) is 0 Å². The largest absolute Gasteiger partial charge is 0.465 e. The van der Waals surface area contributed by atoms with E-state index < -0.39 is 24.6 Å². The number of hydrogen-bond acceptors (Lipinski definition) is 4. The van der Waals surface area contributed by atoms with Gasteiger partial charge in [-0.2, -0.15) is 5.26 Å². The molecule has 0 aliphatic carbocycles. The molecule has 0 aliphatic rings. The van der Waals surface area contributed by atoms with Crippen LogP contribution in [-0.2, 0) is 11.3 Å². The first kappa shape index (κ1) is 13.1. The maximum atomic E-state index is 12.8. The first-order valence-corrected chi connectivity index (χ1v) is 4.60.